The average Bonchev–Trinajstić information content (AvgIpc) is 2.56. The molecular formula is C9H10BrNO6S2. The summed E-state index contributed by atoms with van der Waals surface area (Å²) < 4.78 is 25.4. The molecule has 0 spiro atoms. The van der Waals surface area contributed by atoms with Crippen molar-refractivity contribution in [1.29, 1.82) is 0 Å². The average molecular weight is 372 g/mol. The number of halogens is 1. The molecule has 1 aromatic rings. The molecule has 0 aromatic carbocycles. The third-order valence-electron chi connectivity index (χ3n) is 2.08. The number of aryl methyl sites for hydroxylation is 1. The van der Waals surface area contributed by atoms with Crippen LogP contribution in [0, 0.1) is 6.92 Å². The lowest BCUT2D eigenvalue weighted by molar-refractivity contribution is -0.139. The van der Waals surface area contributed by atoms with Gasteiger partial charge in [0.2, 0.25) is 10.0 Å². The minimum absolute atomic E-state index is 0.0909. The second-order valence-electron chi connectivity index (χ2n) is 3.53. The van der Waals surface area contributed by atoms with E-state index in [9.17, 15) is 18.0 Å². The Morgan fingerprint density at radius 1 is 1.32 bits per heavy atom. The number of carboxylic acid groups (broad SMARTS) is 2. The van der Waals surface area contributed by atoms with Crippen LogP contribution in [-0.2, 0) is 19.6 Å². The Balaban J connectivity index is 3.22. The molecule has 0 atom stereocenters. The van der Waals surface area contributed by atoms with Crippen LogP contribution in [0.5, 0.6) is 0 Å². The van der Waals surface area contributed by atoms with E-state index in [0.717, 1.165) is 0 Å². The number of hydrogen-bond donors (Lipinski definition) is 2. The molecule has 1 aromatic heterocycles. The number of aliphatic carboxylic acids is 2. The van der Waals surface area contributed by atoms with E-state index in [-0.39, 0.29) is 4.90 Å². The second kappa shape index (κ2) is 5.99. The molecule has 2 N–H and O–H groups in total. The summed E-state index contributed by atoms with van der Waals surface area (Å²) in [4.78, 5) is 21.7. The Bertz CT molecular complexity index is 592. The van der Waals surface area contributed by atoms with Gasteiger partial charge < -0.3 is 10.2 Å². The van der Waals surface area contributed by atoms with Gasteiger partial charge >= 0.3 is 11.9 Å². The lowest BCUT2D eigenvalue weighted by Crippen LogP contribution is -2.39. The van der Waals surface area contributed by atoms with Gasteiger partial charge in [-0.2, -0.15) is 4.31 Å². The SMILES string of the molecule is Cc1sc(Br)cc1S(=O)(=O)N(CC(=O)O)CC(=O)O. The van der Waals surface area contributed by atoms with Crippen LogP contribution in [0.3, 0.4) is 0 Å². The van der Waals surface area contributed by atoms with E-state index >= 15 is 0 Å². The molecule has 106 valence electrons. The highest BCUT2D eigenvalue weighted by Crippen LogP contribution is 2.31. The number of nitrogens with zero attached hydrogens (tertiary/aromatic N) is 1. The first-order valence-corrected chi connectivity index (χ1v) is 7.89. The van der Waals surface area contributed by atoms with Crippen LogP contribution in [0.1, 0.15) is 4.88 Å². The molecule has 0 aliphatic rings. The van der Waals surface area contributed by atoms with Crippen LogP contribution in [0.15, 0.2) is 14.7 Å². The molecule has 0 radical (unpaired) electrons. The van der Waals surface area contributed by atoms with E-state index in [1.165, 1.54) is 17.4 Å². The number of hydrogen-bond acceptors (Lipinski definition) is 5. The summed E-state index contributed by atoms with van der Waals surface area (Å²) in [5, 5.41) is 17.4. The minimum Gasteiger partial charge on any atom is -0.480 e. The van der Waals surface area contributed by atoms with Crippen LogP contribution in [-0.4, -0.2) is 48.0 Å². The Morgan fingerprint density at radius 3 is 2.11 bits per heavy atom. The summed E-state index contributed by atoms with van der Waals surface area (Å²) >= 11 is 4.30. The summed E-state index contributed by atoms with van der Waals surface area (Å²) in [6.45, 7) is -0.245. The maximum Gasteiger partial charge on any atom is 0.318 e. The molecule has 0 aliphatic heterocycles. The summed E-state index contributed by atoms with van der Waals surface area (Å²) in [6.07, 6.45) is 0. The van der Waals surface area contributed by atoms with Gasteiger partial charge in [0, 0.05) is 4.88 Å². The first-order chi connectivity index (χ1) is 8.64. The topological polar surface area (TPSA) is 112 Å². The molecule has 10 heteroatoms. The van der Waals surface area contributed by atoms with Crippen molar-refractivity contribution in [3.63, 3.8) is 0 Å². The molecule has 0 saturated carbocycles. The Kier molecular flexibility index (Phi) is 5.07. The number of carbonyl (C=O) groups is 2. The predicted molar refractivity (Wildman–Crippen MR) is 70.8 cm³/mol. The fourth-order valence-electron chi connectivity index (χ4n) is 1.35. The van der Waals surface area contributed by atoms with Crippen LogP contribution >= 0.6 is 27.3 Å². The van der Waals surface area contributed by atoms with Crippen molar-refractivity contribution >= 4 is 49.2 Å². The van der Waals surface area contributed by atoms with Crippen molar-refractivity contribution in [2.75, 3.05) is 13.1 Å². The van der Waals surface area contributed by atoms with Gasteiger partial charge in [0.1, 0.15) is 13.1 Å². The highest BCUT2D eigenvalue weighted by atomic mass is 79.9. The van der Waals surface area contributed by atoms with Crippen molar-refractivity contribution in [3.8, 4) is 0 Å². The van der Waals surface area contributed by atoms with Crippen molar-refractivity contribution in [2.45, 2.75) is 11.8 Å². The van der Waals surface area contributed by atoms with Crippen LogP contribution in [0.25, 0.3) is 0 Å². The molecule has 0 aliphatic carbocycles. The van der Waals surface area contributed by atoms with Gasteiger partial charge in [-0.15, -0.1) is 11.3 Å². The summed E-state index contributed by atoms with van der Waals surface area (Å²) in [6, 6.07) is 1.33. The Hall–Kier alpha value is -0.970. The van der Waals surface area contributed by atoms with E-state index < -0.39 is 35.1 Å². The maximum atomic E-state index is 12.2. The lowest BCUT2D eigenvalue weighted by atomic mass is 10.5. The highest BCUT2D eigenvalue weighted by Gasteiger charge is 2.30. The molecule has 0 saturated heterocycles. The van der Waals surface area contributed by atoms with Gasteiger partial charge in [0.25, 0.3) is 0 Å². The van der Waals surface area contributed by atoms with Crippen LogP contribution < -0.4 is 0 Å². The lowest BCUT2D eigenvalue weighted by Gasteiger charge is -2.17. The highest BCUT2D eigenvalue weighted by molar-refractivity contribution is 9.11. The predicted octanol–water partition coefficient (Wildman–Crippen LogP) is 0.979. The molecule has 0 fully saturated rings. The number of sulfonamides is 1. The number of thiophene rings is 1. The van der Waals surface area contributed by atoms with E-state index in [4.69, 9.17) is 10.2 Å². The molecule has 0 amide bonds. The number of rotatable bonds is 6. The quantitative estimate of drug-likeness (QED) is 0.770. The van der Waals surface area contributed by atoms with E-state index in [1.54, 1.807) is 6.92 Å². The fraction of sp³-hybridized carbons (Fsp3) is 0.333. The zero-order chi connectivity index (χ0) is 14.8. The van der Waals surface area contributed by atoms with Crippen molar-refractivity contribution < 1.29 is 28.2 Å². The third-order valence-corrected chi connectivity index (χ3v) is 5.68. The molecule has 1 rings (SSSR count). The molecule has 0 bridgehead atoms. The van der Waals surface area contributed by atoms with Crippen LogP contribution in [0.4, 0.5) is 0 Å². The van der Waals surface area contributed by atoms with Crippen molar-refractivity contribution in [2.24, 2.45) is 0 Å². The van der Waals surface area contributed by atoms with Gasteiger partial charge in [-0.05, 0) is 28.9 Å². The van der Waals surface area contributed by atoms with Gasteiger partial charge in [0.15, 0.2) is 0 Å². The maximum absolute atomic E-state index is 12.2. The molecular weight excluding hydrogens is 362 g/mol. The first kappa shape index (κ1) is 16.1. The Labute approximate surface area is 121 Å². The second-order valence-corrected chi connectivity index (χ2v) is 8.07. The van der Waals surface area contributed by atoms with Gasteiger partial charge in [-0.1, -0.05) is 0 Å². The largest absolute Gasteiger partial charge is 0.480 e. The summed E-state index contributed by atoms with van der Waals surface area (Å²) in [5.41, 5.74) is 0. The van der Waals surface area contributed by atoms with E-state index in [1.807, 2.05) is 0 Å². The normalized spacial score (nSPS) is 11.7. The minimum atomic E-state index is -4.15. The first-order valence-electron chi connectivity index (χ1n) is 4.84. The van der Waals surface area contributed by atoms with Gasteiger partial charge in [-0.3, -0.25) is 9.59 Å². The molecule has 19 heavy (non-hydrogen) atoms. The summed E-state index contributed by atoms with van der Waals surface area (Å²) in [7, 11) is -4.15. The number of carboxylic acids is 2. The van der Waals surface area contributed by atoms with Crippen molar-refractivity contribution in [1.82, 2.24) is 4.31 Å². The van der Waals surface area contributed by atoms with E-state index in [0.29, 0.717) is 13.0 Å². The van der Waals surface area contributed by atoms with Crippen LogP contribution in [0.2, 0.25) is 0 Å². The van der Waals surface area contributed by atoms with Crippen molar-refractivity contribution in [3.05, 3.63) is 14.7 Å². The van der Waals surface area contributed by atoms with Gasteiger partial charge in [0.05, 0.1) is 8.68 Å². The zero-order valence-corrected chi connectivity index (χ0v) is 12.9. The molecule has 1 heterocycles. The summed E-state index contributed by atoms with van der Waals surface area (Å²) in [5.74, 6) is -2.84. The fourth-order valence-corrected chi connectivity index (χ4v) is 5.08. The Morgan fingerprint density at radius 2 is 1.79 bits per heavy atom. The smallest absolute Gasteiger partial charge is 0.318 e. The monoisotopic (exact) mass is 371 g/mol. The van der Waals surface area contributed by atoms with E-state index in [2.05, 4.69) is 15.9 Å². The zero-order valence-electron chi connectivity index (χ0n) is 9.66. The third kappa shape index (κ3) is 4.00. The van der Waals surface area contributed by atoms with Gasteiger partial charge in [-0.25, -0.2) is 8.42 Å². The molecule has 7 nitrogen and oxygen atoms in total. The molecule has 0 unspecified atom stereocenters. The standard InChI is InChI=1S/C9H10BrNO6S2/c1-5-6(2-7(10)18-5)19(16,17)11(3-8(12)13)4-9(14)15/h2H,3-4H2,1H3,(H,12,13)(H,14,15).